The molecule has 13 heavy (non-hydrogen) atoms. The number of rotatable bonds is 2. The second kappa shape index (κ2) is 3.85. The molecule has 0 spiro atoms. The Morgan fingerprint density at radius 2 is 2.00 bits per heavy atom. The van der Waals surface area contributed by atoms with Crippen molar-refractivity contribution in [3.8, 4) is 0 Å². The molecule has 0 aliphatic carbocycles. The Balaban J connectivity index is 3.05. The molecule has 0 heterocycles. The van der Waals surface area contributed by atoms with Crippen molar-refractivity contribution in [2.75, 3.05) is 7.05 Å². The van der Waals surface area contributed by atoms with Gasteiger partial charge in [0.25, 0.3) is 0 Å². The summed E-state index contributed by atoms with van der Waals surface area (Å²) < 4.78 is 13.4. The fourth-order valence-corrected chi connectivity index (χ4v) is 1.40. The number of hydrogen-bond donors (Lipinski definition) is 1. The van der Waals surface area contributed by atoms with Gasteiger partial charge in [-0.1, -0.05) is 17.7 Å². The van der Waals surface area contributed by atoms with Crippen LogP contribution in [0.4, 0.5) is 4.39 Å². The van der Waals surface area contributed by atoms with Crippen molar-refractivity contribution in [3.63, 3.8) is 0 Å². The summed E-state index contributed by atoms with van der Waals surface area (Å²) in [4.78, 5) is 0. The summed E-state index contributed by atoms with van der Waals surface area (Å²) in [5.41, 5.74) is 2.16. The maximum atomic E-state index is 13.4. The van der Waals surface area contributed by atoms with E-state index in [9.17, 15) is 4.39 Å². The van der Waals surface area contributed by atoms with E-state index in [1.165, 1.54) is 7.05 Å². The predicted octanol–water partition coefficient (Wildman–Crippen LogP) is 2.26. The zero-order valence-electron chi connectivity index (χ0n) is 8.13. The van der Waals surface area contributed by atoms with Gasteiger partial charge >= 0.3 is 0 Å². The lowest BCUT2D eigenvalue weighted by Crippen LogP contribution is -2.13. The molecule has 0 fully saturated rings. The van der Waals surface area contributed by atoms with Gasteiger partial charge in [-0.2, -0.15) is 5.06 Å². The average molecular weight is 183 g/mol. The van der Waals surface area contributed by atoms with E-state index in [2.05, 4.69) is 0 Å². The summed E-state index contributed by atoms with van der Waals surface area (Å²) in [6, 6.07) is 3.53. The first-order valence-electron chi connectivity index (χ1n) is 4.16. The smallest absolute Gasteiger partial charge is 0.130 e. The van der Waals surface area contributed by atoms with Crippen molar-refractivity contribution in [3.05, 3.63) is 34.6 Å². The Morgan fingerprint density at radius 3 is 2.54 bits per heavy atom. The first kappa shape index (κ1) is 10.2. The summed E-state index contributed by atoms with van der Waals surface area (Å²) in [5, 5.41) is 9.95. The molecule has 0 saturated carbocycles. The van der Waals surface area contributed by atoms with Gasteiger partial charge in [-0.25, -0.2) is 4.39 Å². The van der Waals surface area contributed by atoms with Gasteiger partial charge in [0.1, 0.15) is 5.82 Å². The summed E-state index contributed by atoms with van der Waals surface area (Å²) in [5.74, 6) is -0.230. The van der Waals surface area contributed by atoms with Crippen LogP contribution in [0.25, 0.3) is 0 Å². The minimum atomic E-state index is -0.230. The van der Waals surface area contributed by atoms with Crippen LogP contribution < -0.4 is 0 Å². The topological polar surface area (TPSA) is 23.5 Å². The standard InChI is InChI=1S/C10H14FNO/c1-7-4-8(2)10(11)9(5-7)6-12(3)13/h4-5,13H,6H2,1-3H3. The molecule has 1 N–H and O–H groups in total. The molecule has 2 nitrogen and oxygen atoms in total. The van der Waals surface area contributed by atoms with Gasteiger partial charge in [0.15, 0.2) is 0 Å². The van der Waals surface area contributed by atoms with Gasteiger partial charge in [0, 0.05) is 12.6 Å². The molecule has 72 valence electrons. The van der Waals surface area contributed by atoms with E-state index in [0.29, 0.717) is 11.1 Å². The Morgan fingerprint density at radius 1 is 1.38 bits per heavy atom. The molecule has 0 radical (unpaired) electrons. The second-order valence-corrected chi connectivity index (χ2v) is 3.37. The molecular formula is C10H14FNO. The molecule has 0 aliphatic heterocycles. The van der Waals surface area contributed by atoms with Gasteiger partial charge in [0.2, 0.25) is 0 Å². The lowest BCUT2D eigenvalue weighted by molar-refractivity contribution is -0.0738. The quantitative estimate of drug-likeness (QED) is 0.711. The number of hydrogen-bond acceptors (Lipinski definition) is 2. The van der Waals surface area contributed by atoms with Gasteiger partial charge in [-0.15, -0.1) is 0 Å². The Kier molecular flexibility index (Phi) is 3.01. The van der Waals surface area contributed by atoms with Crippen LogP contribution >= 0.6 is 0 Å². The van der Waals surface area contributed by atoms with Crippen LogP contribution in [0.1, 0.15) is 16.7 Å². The minimum Gasteiger partial charge on any atom is -0.314 e. The van der Waals surface area contributed by atoms with Gasteiger partial charge < -0.3 is 5.21 Å². The van der Waals surface area contributed by atoms with E-state index in [-0.39, 0.29) is 12.4 Å². The van der Waals surface area contributed by atoms with Crippen molar-refractivity contribution >= 4 is 0 Å². The molecule has 1 aromatic carbocycles. The van der Waals surface area contributed by atoms with Gasteiger partial charge in [-0.3, -0.25) is 0 Å². The number of aryl methyl sites for hydroxylation is 2. The molecule has 1 aromatic rings. The molecule has 0 aromatic heterocycles. The van der Waals surface area contributed by atoms with Crippen molar-refractivity contribution in [2.24, 2.45) is 0 Å². The monoisotopic (exact) mass is 183 g/mol. The van der Waals surface area contributed by atoms with E-state index in [1.807, 2.05) is 6.92 Å². The normalized spacial score (nSPS) is 10.9. The highest BCUT2D eigenvalue weighted by atomic mass is 19.1. The zero-order chi connectivity index (χ0) is 10.0. The molecular weight excluding hydrogens is 169 g/mol. The third-order valence-corrected chi connectivity index (χ3v) is 1.87. The van der Waals surface area contributed by atoms with Crippen molar-refractivity contribution in [2.45, 2.75) is 20.4 Å². The highest BCUT2D eigenvalue weighted by molar-refractivity contribution is 5.30. The van der Waals surface area contributed by atoms with Crippen LogP contribution in [-0.2, 0) is 6.54 Å². The summed E-state index contributed by atoms with van der Waals surface area (Å²) >= 11 is 0. The van der Waals surface area contributed by atoms with Crippen LogP contribution in [0.2, 0.25) is 0 Å². The fourth-order valence-electron chi connectivity index (χ4n) is 1.40. The third kappa shape index (κ3) is 2.50. The Labute approximate surface area is 77.6 Å². The maximum absolute atomic E-state index is 13.4. The summed E-state index contributed by atoms with van der Waals surface area (Å²) in [6.07, 6.45) is 0. The minimum absolute atomic E-state index is 0.217. The number of hydroxylamine groups is 2. The lowest BCUT2D eigenvalue weighted by Gasteiger charge is -2.11. The van der Waals surface area contributed by atoms with E-state index in [4.69, 9.17) is 5.21 Å². The predicted molar refractivity (Wildman–Crippen MR) is 49.1 cm³/mol. The highest BCUT2D eigenvalue weighted by Crippen LogP contribution is 2.15. The molecule has 3 heteroatoms. The van der Waals surface area contributed by atoms with Crippen LogP contribution in [-0.4, -0.2) is 17.3 Å². The van der Waals surface area contributed by atoms with Gasteiger partial charge in [-0.05, 0) is 19.4 Å². The highest BCUT2D eigenvalue weighted by Gasteiger charge is 2.07. The molecule has 0 unspecified atom stereocenters. The Bertz CT molecular complexity index is 310. The van der Waals surface area contributed by atoms with Gasteiger partial charge in [0.05, 0.1) is 6.54 Å². The number of benzene rings is 1. The lowest BCUT2D eigenvalue weighted by atomic mass is 10.1. The van der Waals surface area contributed by atoms with E-state index < -0.39 is 0 Å². The third-order valence-electron chi connectivity index (χ3n) is 1.87. The molecule has 0 amide bonds. The second-order valence-electron chi connectivity index (χ2n) is 3.37. The largest absolute Gasteiger partial charge is 0.314 e. The van der Waals surface area contributed by atoms with Crippen molar-refractivity contribution in [1.82, 2.24) is 5.06 Å². The first-order valence-corrected chi connectivity index (χ1v) is 4.16. The fraction of sp³-hybridized carbons (Fsp3) is 0.400. The molecule has 0 atom stereocenters. The van der Waals surface area contributed by atoms with Crippen molar-refractivity contribution < 1.29 is 9.60 Å². The summed E-state index contributed by atoms with van der Waals surface area (Å²) in [6.45, 7) is 3.85. The average Bonchev–Trinajstić information content (AvgIpc) is 1.98. The van der Waals surface area contributed by atoms with Crippen LogP contribution in [0.5, 0.6) is 0 Å². The van der Waals surface area contributed by atoms with Crippen LogP contribution in [0, 0.1) is 19.7 Å². The Hall–Kier alpha value is -0.930. The molecule has 1 rings (SSSR count). The van der Waals surface area contributed by atoms with Crippen LogP contribution in [0.3, 0.4) is 0 Å². The van der Waals surface area contributed by atoms with E-state index in [1.54, 1.807) is 19.1 Å². The number of halogens is 1. The molecule has 0 aliphatic rings. The molecule has 0 saturated heterocycles. The molecule has 0 bridgehead atoms. The number of nitrogens with zero attached hydrogens (tertiary/aromatic N) is 1. The summed E-state index contributed by atoms with van der Waals surface area (Å²) in [7, 11) is 1.50. The van der Waals surface area contributed by atoms with E-state index in [0.717, 1.165) is 10.6 Å². The van der Waals surface area contributed by atoms with Crippen molar-refractivity contribution in [1.29, 1.82) is 0 Å². The zero-order valence-corrected chi connectivity index (χ0v) is 8.13. The maximum Gasteiger partial charge on any atom is 0.130 e. The van der Waals surface area contributed by atoms with E-state index >= 15 is 0 Å². The first-order chi connectivity index (χ1) is 6.00. The SMILES string of the molecule is Cc1cc(C)c(F)c(CN(C)O)c1. The van der Waals surface area contributed by atoms with Crippen LogP contribution in [0.15, 0.2) is 12.1 Å².